The van der Waals surface area contributed by atoms with E-state index in [0.29, 0.717) is 11.8 Å². The SMILES string of the molecule is Cc1ccccc1Oc1ncccc1NC(=O)c1ccc(F)c(F)c1F. The summed E-state index contributed by atoms with van der Waals surface area (Å²) in [6, 6.07) is 11.8. The molecule has 1 heterocycles. The normalized spacial score (nSPS) is 10.5. The first-order valence-electron chi connectivity index (χ1n) is 7.60. The molecule has 1 amide bonds. The van der Waals surface area contributed by atoms with Crippen LogP contribution in [-0.4, -0.2) is 10.9 Å². The van der Waals surface area contributed by atoms with E-state index in [2.05, 4.69) is 10.3 Å². The first-order valence-corrected chi connectivity index (χ1v) is 7.60. The zero-order valence-electron chi connectivity index (χ0n) is 13.6. The van der Waals surface area contributed by atoms with Gasteiger partial charge in [0.05, 0.1) is 5.56 Å². The van der Waals surface area contributed by atoms with Gasteiger partial charge in [-0.1, -0.05) is 18.2 Å². The molecular formula is C19H13F3N2O2. The van der Waals surface area contributed by atoms with E-state index in [-0.39, 0.29) is 11.6 Å². The maximum Gasteiger partial charge on any atom is 0.258 e. The molecule has 0 unspecified atom stereocenters. The summed E-state index contributed by atoms with van der Waals surface area (Å²) in [5.41, 5.74) is 0.376. The summed E-state index contributed by atoms with van der Waals surface area (Å²) in [6.07, 6.45) is 1.46. The number of aryl methyl sites for hydroxylation is 1. The summed E-state index contributed by atoms with van der Waals surface area (Å²) in [4.78, 5) is 16.3. The smallest absolute Gasteiger partial charge is 0.258 e. The molecule has 4 nitrogen and oxygen atoms in total. The number of amides is 1. The summed E-state index contributed by atoms with van der Waals surface area (Å²) in [7, 11) is 0. The van der Waals surface area contributed by atoms with Crippen LogP contribution >= 0.6 is 0 Å². The number of rotatable bonds is 4. The van der Waals surface area contributed by atoms with Crippen LogP contribution in [0.1, 0.15) is 15.9 Å². The fourth-order valence-electron chi connectivity index (χ4n) is 2.23. The highest BCUT2D eigenvalue weighted by Crippen LogP contribution is 2.29. The van der Waals surface area contributed by atoms with Gasteiger partial charge < -0.3 is 10.1 Å². The van der Waals surface area contributed by atoms with Crippen molar-refractivity contribution >= 4 is 11.6 Å². The lowest BCUT2D eigenvalue weighted by Crippen LogP contribution is -2.16. The number of carbonyl (C=O) groups is 1. The van der Waals surface area contributed by atoms with E-state index in [1.807, 2.05) is 19.1 Å². The molecule has 7 heteroatoms. The second-order valence-corrected chi connectivity index (χ2v) is 5.40. The molecule has 0 radical (unpaired) electrons. The molecule has 0 bridgehead atoms. The van der Waals surface area contributed by atoms with Gasteiger partial charge >= 0.3 is 0 Å². The third-order valence-electron chi connectivity index (χ3n) is 3.60. The highest BCUT2D eigenvalue weighted by Gasteiger charge is 2.20. The lowest BCUT2D eigenvalue weighted by atomic mass is 10.2. The van der Waals surface area contributed by atoms with Gasteiger partial charge in [-0.05, 0) is 42.8 Å². The van der Waals surface area contributed by atoms with Crippen LogP contribution in [-0.2, 0) is 0 Å². The molecule has 0 atom stereocenters. The number of pyridine rings is 1. The molecule has 0 aliphatic rings. The van der Waals surface area contributed by atoms with Gasteiger partial charge in [0.1, 0.15) is 11.4 Å². The first-order chi connectivity index (χ1) is 12.5. The highest BCUT2D eigenvalue weighted by atomic mass is 19.2. The van der Waals surface area contributed by atoms with Gasteiger partial charge in [-0.15, -0.1) is 0 Å². The fourth-order valence-corrected chi connectivity index (χ4v) is 2.23. The number of nitrogens with zero attached hydrogens (tertiary/aromatic N) is 1. The predicted octanol–water partition coefficient (Wildman–Crippen LogP) is 4.85. The monoisotopic (exact) mass is 358 g/mol. The van der Waals surface area contributed by atoms with Gasteiger partial charge in [-0.25, -0.2) is 18.2 Å². The molecule has 3 rings (SSSR count). The Balaban J connectivity index is 1.88. The van der Waals surface area contributed by atoms with Crippen LogP contribution in [0, 0.1) is 24.4 Å². The second-order valence-electron chi connectivity index (χ2n) is 5.40. The number of aromatic nitrogens is 1. The summed E-state index contributed by atoms with van der Waals surface area (Å²) < 4.78 is 45.8. The standard InChI is InChI=1S/C19H13F3N2O2/c1-11-5-2-3-7-15(11)26-19-14(6-4-10-23-19)24-18(25)12-8-9-13(20)17(22)16(12)21/h2-10H,1H3,(H,24,25). The number of halogens is 3. The Morgan fingerprint density at radius 3 is 2.54 bits per heavy atom. The van der Waals surface area contributed by atoms with Crippen LogP contribution in [0.15, 0.2) is 54.7 Å². The van der Waals surface area contributed by atoms with Gasteiger partial charge in [0.15, 0.2) is 17.5 Å². The molecule has 0 aliphatic carbocycles. The summed E-state index contributed by atoms with van der Waals surface area (Å²) in [5, 5.41) is 2.40. The summed E-state index contributed by atoms with van der Waals surface area (Å²) in [5.74, 6) is -4.99. The number of hydrogen-bond donors (Lipinski definition) is 1. The molecule has 0 spiro atoms. The Hall–Kier alpha value is -3.35. The maximum atomic E-state index is 13.8. The minimum absolute atomic E-state index is 0.0816. The predicted molar refractivity (Wildman–Crippen MR) is 89.8 cm³/mol. The summed E-state index contributed by atoms with van der Waals surface area (Å²) >= 11 is 0. The van der Waals surface area contributed by atoms with Crippen LogP contribution in [0.4, 0.5) is 18.9 Å². The van der Waals surface area contributed by atoms with Crippen LogP contribution in [0.5, 0.6) is 11.6 Å². The average Bonchev–Trinajstić information content (AvgIpc) is 2.63. The van der Waals surface area contributed by atoms with Crippen molar-refractivity contribution in [2.75, 3.05) is 5.32 Å². The van der Waals surface area contributed by atoms with Crippen molar-refractivity contribution in [2.45, 2.75) is 6.92 Å². The van der Waals surface area contributed by atoms with E-state index in [0.717, 1.165) is 11.6 Å². The number of nitrogens with one attached hydrogen (secondary N) is 1. The number of hydrogen-bond acceptors (Lipinski definition) is 3. The molecule has 3 aromatic rings. The topological polar surface area (TPSA) is 51.2 Å². The molecule has 0 saturated carbocycles. The molecule has 132 valence electrons. The van der Waals surface area contributed by atoms with Crippen molar-refractivity contribution < 1.29 is 22.7 Å². The Bertz CT molecular complexity index is 977. The fraction of sp³-hybridized carbons (Fsp3) is 0.0526. The van der Waals surface area contributed by atoms with Crippen molar-refractivity contribution in [1.29, 1.82) is 0 Å². The molecular weight excluding hydrogens is 345 g/mol. The molecule has 26 heavy (non-hydrogen) atoms. The highest BCUT2D eigenvalue weighted by molar-refractivity contribution is 6.05. The number of benzene rings is 2. The van der Waals surface area contributed by atoms with Crippen molar-refractivity contribution in [3.05, 3.63) is 83.3 Å². The molecule has 1 aromatic heterocycles. The van der Waals surface area contributed by atoms with Crippen LogP contribution in [0.25, 0.3) is 0 Å². The third-order valence-corrected chi connectivity index (χ3v) is 3.60. The van der Waals surface area contributed by atoms with E-state index >= 15 is 0 Å². The number of anilines is 1. The lowest BCUT2D eigenvalue weighted by Gasteiger charge is -2.12. The molecule has 1 N–H and O–H groups in total. The Morgan fingerprint density at radius 2 is 1.77 bits per heavy atom. The Morgan fingerprint density at radius 1 is 1.00 bits per heavy atom. The van der Waals surface area contributed by atoms with Crippen molar-refractivity contribution in [2.24, 2.45) is 0 Å². The first kappa shape index (κ1) is 17.5. The Labute approximate surface area is 147 Å². The van der Waals surface area contributed by atoms with Gasteiger partial charge in [-0.3, -0.25) is 4.79 Å². The second kappa shape index (κ2) is 7.26. The molecule has 0 saturated heterocycles. The quantitative estimate of drug-likeness (QED) is 0.678. The van der Waals surface area contributed by atoms with Crippen molar-refractivity contribution in [3.63, 3.8) is 0 Å². The van der Waals surface area contributed by atoms with Gasteiger partial charge in [0, 0.05) is 6.20 Å². The van der Waals surface area contributed by atoms with E-state index < -0.39 is 28.9 Å². The van der Waals surface area contributed by atoms with Gasteiger partial charge in [0.2, 0.25) is 5.88 Å². The zero-order chi connectivity index (χ0) is 18.7. The van der Waals surface area contributed by atoms with E-state index in [4.69, 9.17) is 4.74 Å². The molecule has 0 aliphatic heterocycles. The number of para-hydroxylation sites is 1. The van der Waals surface area contributed by atoms with E-state index in [1.165, 1.54) is 12.3 Å². The Kier molecular flexibility index (Phi) is 4.88. The lowest BCUT2D eigenvalue weighted by molar-refractivity contribution is 0.102. The van der Waals surface area contributed by atoms with Crippen LogP contribution < -0.4 is 10.1 Å². The molecule has 2 aromatic carbocycles. The van der Waals surface area contributed by atoms with Crippen molar-refractivity contribution in [3.8, 4) is 11.6 Å². The van der Waals surface area contributed by atoms with E-state index in [9.17, 15) is 18.0 Å². The molecule has 0 fully saturated rings. The maximum absolute atomic E-state index is 13.8. The minimum atomic E-state index is -1.71. The largest absolute Gasteiger partial charge is 0.437 e. The van der Waals surface area contributed by atoms with Gasteiger partial charge in [-0.2, -0.15) is 0 Å². The summed E-state index contributed by atoms with van der Waals surface area (Å²) in [6.45, 7) is 1.84. The van der Waals surface area contributed by atoms with Crippen molar-refractivity contribution in [1.82, 2.24) is 4.98 Å². The number of ether oxygens (including phenoxy) is 1. The van der Waals surface area contributed by atoms with Crippen LogP contribution in [0.3, 0.4) is 0 Å². The zero-order valence-corrected chi connectivity index (χ0v) is 13.6. The third kappa shape index (κ3) is 3.51. The van der Waals surface area contributed by atoms with E-state index in [1.54, 1.807) is 18.2 Å². The van der Waals surface area contributed by atoms with Crippen LogP contribution in [0.2, 0.25) is 0 Å². The minimum Gasteiger partial charge on any atom is -0.437 e. The average molecular weight is 358 g/mol. The number of carbonyl (C=O) groups excluding carboxylic acids is 1. The van der Waals surface area contributed by atoms with Gasteiger partial charge in [0.25, 0.3) is 5.91 Å².